The lowest BCUT2D eigenvalue weighted by atomic mass is 10.1. The maximum absolute atomic E-state index is 12.9. The second kappa shape index (κ2) is 9.65. The number of likely N-dealkylation sites (tertiary alicyclic amines) is 1. The quantitative estimate of drug-likeness (QED) is 0.708. The van der Waals surface area contributed by atoms with Crippen LogP contribution in [0.5, 0.6) is 0 Å². The Labute approximate surface area is 171 Å². The summed E-state index contributed by atoms with van der Waals surface area (Å²) in [6.07, 6.45) is 1.06. The van der Waals surface area contributed by atoms with Crippen molar-refractivity contribution in [3.63, 3.8) is 0 Å². The zero-order chi connectivity index (χ0) is 20.8. The molecule has 1 aromatic heterocycles. The molecule has 0 saturated carbocycles. The number of hydrogen-bond donors (Lipinski definition) is 2. The van der Waals surface area contributed by atoms with Crippen LogP contribution < -0.4 is 5.32 Å². The largest absolute Gasteiger partial charge is 0.367 e. The zero-order valence-corrected chi connectivity index (χ0v) is 17.2. The second-order valence-electron chi connectivity index (χ2n) is 7.92. The molecule has 0 aliphatic carbocycles. The highest BCUT2D eigenvalue weighted by Gasteiger charge is 2.38. The van der Waals surface area contributed by atoms with Crippen LogP contribution in [0, 0.1) is 12.8 Å². The van der Waals surface area contributed by atoms with E-state index in [1.807, 2.05) is 51.1 Å². The van der Waals surface area contributed by atoms with E-state index in [0.29, 0.717) is 37.6 Å². The monoisotopic (exact) mass is 399 g/mol. The van der Waals surface area contributed by atoms with Gasteiger partial charge >= 0.3 is 0 Å². The Kier molecular flexibility index (Phi) is 6.98. The van der Waals surface area contributed by atoms with E-state index < -0.39 is 0 Å². The van der Waals surface area contributed by atoms with E-state index in [-0.39, 0.29) is 36.4 Å². The van der Waals surface area contributed by atoms with Crippen LogP contribution in [-0.4, -0.2) is 51.1 Å². The molecular formula is C21H29N5O3. The first-order valence-electron chi connectivity index (χ1n) is 10.0. The highest BCUT2D eigenvalue weighted by Crippen LogP contribution is 2.30. The van der Waals surface area contributed by atoms with Gasteiger partial charge in [0, 0.05) is 19.0 Å². The average Bonchev–Trinajstić information content (AvgIpc) is 3.28. The Morgan fingerprint density at radius 2 is 2.07 bits per heavy atom. The summed E-state index contributed by atoms with van der Waals surface area (Å²) in [4.78, 5) is 31.2. The summed E-state index contributed by atoms with van der Waals surface area (Å²) < 4.78 is 5.63. The van der Waals surface area contributed by atoms with Gasteiger partial charge in [-0.3, -0.25) is 14.7 Å². The molecule has 1 aromatic carbocycles. The van der Waals surface area contributed by atoms with Gasteiger partial charge in [0.15, 0.2) is 5.82 Å². The van der Waals surface area contributed by atoms with Crippen molar-refractivity contribution in [1.29, 1.82) is 0 Å². The number of H-pyrrole nitrogens is 1. The van der Waals surface area contributed by atoms with Crippen LogP contribution in [0.3, 0.4) is 0 Å². The number of carbonyl (C=O) groups excluding carboxylic acids is 2. The lowest BCUT2D eigenvalue weighted by molar-refractivity contribution is -0.138. The number of aromatic nitrogens is 3. The molecular weight excluding hydrogens is 370 g/mol. The fraction of sp³-hybridized carbons (Fsp3) is 0.524. The number of aromatic amines is 1. The summed E-state index contributed by atoms with van der Waals surface area (Å²) in [7, 11) is 0. The third kappa shape index (κ3) is 5.87. The highest BCUT2D eigenvalue weighted by molar-refractivity contribution is 5.79. The molecule has 0 spiro atoms. The van der Waals surface area contributed by atoms with Crippen molar-refractivity contribution in [2.75, 3.05) is 13.2 Å². The number of benzene rings is 1. The van der Waals surface area contributed by atoms with Crippen molar-refractivity contribution in [2.45, 2.75) is 52.3 Å². The maximum atomic E-state index is 12.9. The first-order valence-corrected chi connectivity index (χ1v) is 10.0. The Morgan fingerprint density at radius 1 is 1.31 bits per heavy atom. The fourth-order valence-electron chi connectivity index (χ4n) is 3.54. The fourth-order valence-corrected chi connectivity index (χ4v) is 3.54. The number of nitrogens with one attached hydrogen (secondary N) is 2. The Morgan fingerprint density at radius 3 is 2.72 bits per heavy atom. The van der Waals surface area contributed by atoms with Gasteiger partial charge < -0.3 is 15.0 Å². The third-order valence-electron chi connectivity index (χ3n) is 4.83. The van der Waals surface area contributed by atoms with Gasteiger partial charge in [0.25, 0.3) is 0 Å². The van der Waals surface area contributed by atoms with E-state index in [0.717, 1.165) is 5.56 Å². The van der Waals surface area contributed by atoms with Gasteiger partial charge in [-0.2, -0.15) is 5.10 Å². The minimum atomic E-state index is -0.280. The zero-order valence-electron chi connectivity index (χ0n) is 17.2. The van der Waals surface area contributed by atoms with E-state index >= 15 is 0 Å². The number of nitrogens with zero attached hydrogens (tertiary/aromatic N) is 3. The number of amides is 2. The minimum absolute atomic E-state index is 0.00421. The lowest BCUT2D eigenvalue weighted by Crippen LogP contribution is -2.40. The minimum Gasteiger partial charge on any atom is -0.367 e. The lowest BCUT2D eigenvalue weighted by Gasteiger charge is -2.22. The van der Waals surface area contributed by atoms with Gasteiger partial charge in [0.1, 0.15) is 12.4 Å². The van der Waals surface area contributed by atoms with E-state index in [9.17, 15) is 9.59 Å². The van der Waals surface area contributed by atoms with Gasteiger partial charge in [0.05, 0.1) is 12.6 Å². The summed E-state index contributed by atoms with van der Waals surface area (Å²) in [5.41, 5.74) is 1.02. The smallest absolute Gasteiger partial charge is 0.249 e. The first kappa shape index (κ1) is 21.0. The molecule has 2 heterocycles. The van der Waals surface area contributed by atoms with Crippen LogP contribution in [0.4, 0.5) is 0 Å². The Bertz CT molecular complexity index is 821. The number of ether oxygens (including phenoxy) is 1. The van der Waals surface area contributed by atoms with Gasteiger partial charge in [-0.05, 0) is 24.8 Å². The predicted octanol–water partition coefficient (Wildman–Crippen LogP) is 2.13. The van der Waals surface area contributed by atoms with Gasteiger partial charge in [0.2, 0.25) is 11.8 Å². The van der Waals surface area contributed by atoms with Crippen molar-refractivity contribution in [3.8, 4) is 0 Å². The van der Waals surface area contributed by atoms with Crippen molar-refractivity contribution in [3.05, 3.63) is 47.5 Å². The predicted molar refractivity (Wildman–Crippen MR) is 108 cm³/mol. The van der Waals surface area contributed by atoms with Gasteiger partial charge in [-0.15, -0.1) is 0 Å². The normalized spacial score (nSPS) is 19.0. The Balaban J connectivity index is 1.62. The Hall–Kier alpha value is -2.74. The molecule has 0 radical (unpaired) electrons. The third-order valence-corrected chi connectivity index (χ3v) is 4.83. The number of aryl methyl sites for hydroxylation is 1. The molecule has 1 aliphatic rings. The summed E-state index contributed by atoms with van der Waals surface area (Å²) in [6.45, 7) is 6.61. The second-order valence-corrected chi connectivity index (χ2v) is 7.92. The molecule has 2 unspecified atom stereocenters. The summed E-state index contributed by atoms with van der Waals surface area (Å²) in [5.74, 6) is 1.42. The molecule has 1 aliphatic heterocycles. The van der Waals surface area contributed by atoms with Crippen LogP contribution in [0.1, 0.15) is 49.9 Å². The van der Waals surface area contributed by atoms with Crippen molar-refractivity contribution in [1.82, 2.24) is 25.4 Å². The van der Waals surface area contributed by atoms with Crippen LogP contribution in [0.15, 0.2) is 30.3 Å². The van der Waals surface area contributed by atoms with E-state index in [4.69, 9.17) is 4.74 Å². The topological polar surface area (TPSA) is 100 Å². The molecule has 8 nitrogen and oxygen atoms in total. The van der Waals surface area contributed by atoms with Crippen molar-refractivity contribution >= 4 is 11.8 Å². The number of hydrogen-bond acceptors (Lipinski definition) is 5. The van der Waals surface area contributed by atoms with Crippen molar-refractivity contribution < 1.29 is 14.3 Å². The molecule has 8 heteroatoms. The maximum Gasteiger partial charge on any atom is 0.249 e. The molecule has 2 amide bonds. The molecule has 2 N–H and O–H groups in total. The molecule has 29 heavy (non-hydrogen) atoms. The average molecular weight is 399 g/mol. The molecule has 2 atom stereocenters. The number of rotatable bonds is 8. The van der Waals surface area contributed by atoms with Gasteiger partial charge in [-0.25, -0.2) is 4.98 Å². The molecule has 0 bridgehead atoms. The van der Waals surface area contributed by atoms with E-state index in [1.54, 1.807) is 4.90 Å². The van der Waals surface area contributed by atoms with Gasteiger partial charge in [-0.1, -0.05) is 44.2 Å². The van der Waals surface area contributed by atoms with E-state index in [2.05, 4.69) is 20.5 Å². The number of carbonyl (C=O) groups is 2. The molecule has 1 fully saturated rings. The first-order chi connectivity index (χ1) is 13.9. The summed E-state index contributed by atoms with van der Waals surface area (Å²) in [6, 6.07) is 9.33. The van der Waals surface area contributed by atoms with Crippen LogP contribution in [0.2, 0.25) is 0 Å². The molecule has 3 rings (SSSR count). The summed E-state index contributed by atoms with van der Waals surface area (Å²) in [5, 5.41) is 10.1. The molecule has 1 saturated heterocycles. The summed E-state index contributed by atoms with van der Waals surface area (Å²) >= 11 is 0. The molecule has 2 aromatic rings. The van der Waals surface area contributed by atoms with Crippen LogP contribution >= 0.6 is 0 Å². The van der Waals surface area contributed by atoms with Crippen molar-refractivity contribution in [2.24, 2.45) is 5.92 Å². The highest BCUT2D eigenvalue weighted by atomic mass is 16.5. The SMILES string of the molecule is Cc1nc(C2CC(NC(=O)CC(C)C)CN2C(=O)COCc2ccccc2)n[nH]1. The van der Waals surface area contributed by atoms with Crippen LogP contribution in [-0.2, 0) is 20.9 Å². The van der Waals surface area contributed by atoms with E-state index in [1.165, 1.54) is 0 Å². The molecule has 156 valence electrons. The van der Waals surface area contributed by atoms with Crippen LogP contribution in [0.25, 0.3) is 0 Å². The standard InChI is InChI=1S/C21H29N5O3/c1-14(2)9-19(27)23-17-10-18(21-22-15(3)24-25-21)26(11-17)20(28)13-29-12-16-7-5-4-6-8-16/h4-8,14,17-18H,9-13H2,1-3H3,(H,23,27)(H,22,24,25).